The summed E-state index contributed by atoms with van der Waals surface area (Å²) in [5, 5.41) is 14.7. The maximum Gasteiger partial charge on any atom is 0.269 e. The highest BCUT2D eigenvalue weighted by Gasteiger charge is 2.37. The second-order valence-corrected chi connectivity index (χ2v) is 6.12. The van der Waals surface area contributed by atoms with Gasteiger partial charge in [-0.3, -0.25) is 15.0 Å². The van der Waals surface area contributed by atoms with Crippen molar-refractivity contribution >= 4 is 5.69 Å². The topological polar surface area (TPSA) is 58.4 Å². The van der Waals surface area contributed by atoms with Gasteiger partial charge in [0.2, 0.25) is 0 Å². The second kappa shape index (κ2) is 6.12. The number of non-ortho nitro benzene ring substituents is 1. The van der Waals surface area contributed by atoms with Gasteiger partial charge in [-0.2, -0.15) is 0 Å². The maximum atomic E-state index is 10.9. The van der Waals surface area contributed by atoms with E-state index in [9.17, 15) is 10.1 Å². The SMILES string of the molecule is CCC(NC1CCN2CCCC12)c1cccc([N+](=O)[O-])c1. The van der Waals surface area contributed by atoms with Gasteiger partial charge < -0.3 is 5.32 Å². The van der Waals surface area contributed by atoms with Crippen LogP contribution < -0.4 is 5.32 Å². The summed E-state index contributed by atoms with van der Waals surface area (Å²) < 4.78 is 0. The molecule has 2 heterocycles. The van der Waals surface area contributed by atoms with Gasteiger partial charge in [0.25, 0.3) is 5.69 Å². The molecule has 3 unspecified atom stereocenters. The summed E-state index contributed by atoms with van der Waals surface area (Å²) in [5.41, 5.74) is 1.21. The summed E-state index contributed by atoms with van der Waals surface area (Å²) in [7, 11) is 0. The highest BCUT2D eigenvalue weighted by Crippen LogP contribution is 2.30. The van der Waals surface area contributed by atoms with Crippen molar-refractivity contribution in [3.8, 4) is 0 Å². The van der Waals surface area contributed by atoms with E-state index >= 15 is 0 Å². The number of fused-ring (bicyclic) bond motifs is 1. The molecule has 1 aromatic carbocycles. The maximum absolute atomic E-state index is 10.9. The molecule has 1 aromatic rings. The number of benzene rings is 1. The Labute approximate surface area is 125 Å². The molecule has 0 amide bonds. The minimum absolute atomic E-state index is 0.182. The fourth-order valence-electron chi connectivity index (χ4n) is 3.84. The summed E-state index contributed by atoms with van der Waals surface area (Å²) in [6.07, 6.45) is 4.72. The van der Waals surface area contributed by atoms with Crippen molar-refractivity contribution in [1.82, 2.24) is 10.2 Å². The van der Waals surface area contributed by atoms with E-state index in [1.165, 1.54) is 32.4 Å². The van der Waals surface area contributed by atoms with E-state index in [0.717, 1.165) is 12.0 Å². The van der Waals surface area contributed by atoms with Crippen LogP contribution in [0.15, 0.2) is 24.3 Å². The predicted molar refractivity (Wildman–Crippen MR) is 82.3 cm³/mol. The lowest BCUT2D eigenvalue weighted by Crippen LogP contribution is -2.40. The molecule has 1 N–H and O–H groups in total. The predicted octanol–water partition coefficient (Wildman–Crippen LogP) is 2.87. The van der Waals surface area contributed by atoms with Crippen LogP contribution in [-0.2, 0) is 0 Å². The third-order valence-corrected chi connectivity index (χ3v) is 4.91. The molecule has 2 aliphatic rings. The quantitative estimate of drug-likeness (QED) is 0.669. The number of nitro groups is 1. The molecule has 0 aliphatic carbocycles. The number of rotatable bonds is 5. The molecule has 3 atom stereocenters. The van der Waals surface area contributed by atoms with Crippen molar-refractivity contribution in [1.29, 1.82) is 0 Å². The first-order valence-electron chi connectivity index (χ1n) is 7.93. The van der Waals surface area contributed by atoms with Gasteiger partial charge in [-0.1, -0.05) is 19.1 Å². The largest absolute Gasteiger partial charge is 0.306 e. The van der Waals surface area contributed by atoms with Gasteiger partial charge >= 0.3 is 0 Å². The second-order valence-electron chi connectivity index (χ2n) is 6.12. The van der Waals surface area contributed by atoms with Crippen LogP contribution in [0.3, 0.4) is 0 Å². The number of nitro benzene ring substituents is 1. The minimum Gasteiger partial charge on any atom is -0.306 e. The van der Waals surface area contributed by atoms with Crippen molar-refractivity contribution in [2.24, 2.45) is 0 Å². The smallest absolute Gasteiger partial charge is 0.269 e. The molecule has 0 bridgehead atoms. The highest BCUT2D eigenvalue weighted by molar-refractivity contribution is 5.35. The minimum atomic E-state index is -0.315. The van der Waals surface area contributed by atoms with E-state index < -0.39 is 0 Å². The van der Waals surface area contributed by atoms with Crippen molar-refractivity contribution in [2.45, 2.75) is 50.7 Å². The summed E-state index contributed by atoms with van der Waals surface area (Å²) in [4.78, 5) is 13.2. The third kappa shape index (κ3) is 2.94. The van der Waals surface area contributed by atoms with Gasteiger partial charge in [0.05, 0.1) is 4.92 Å². The van der Waals surface area contributed by atoms with E-state index in [-0.39, 0.29) is 16.7 Å². The van der Waals surface area contributed by atoms with Crippen LogP contribution in [0.2, 0.25) is 0 Å². The Morgan fingerprint density at radius 1 is 1.43 bits per heavy atom. The molecule has 0 radical (unpaired) electrons. The van der Waals surface area contributed by atoms with Crippen LogP contribution in [0.4, 0.5) is 5.69 Å². The zero-order chi connectivity index (χ0) is 14.8. The zero-order valence-corrected chi connectivity index (χ0v) is 12.5. The Kier molecular flexibility index (Phi) is 4.22. The Morgan fingerprint density at radius 3 is 3.05 bits per heavy atom. The standard InChI is InChI=1S/C16H23N3O2/c1-2-14(12-5-3-6-13(11-12)19(20)21)17-15-8-10-18-9-4-7-16(15)18/h3,5-6,11,14-17H,2,4,7-10H2,1H3. The summed E-state index contributed by atoms with van der Waals surface area (Å²) in [5.74, 6) is 0. The van der Waals surface area contributed by atoms with E-state index in [1.54, 1.807) is 18.2 Å². The van der Waals surface area contributed by atoms with Gasteiger partial charge in [-0.25, -0.2) is 0 Å². The van der Waals surface area contributed by atoms with Crippen LogP contribution in [-0.4, -0.2) is 35.0 Å². The third-order valence-electron chi connectivity index (χ3n) is 4.91. The van der Waals surface area contributed by atoms with Crippen LogP contribution in [0.1, 0.15) is 44.2 Å². The van der Waals surface area contributed by atoms with Crippen molar-refractivity contribution in [3.05, 3.63) is 39.9 Å². The summed E-state index contributed by atoms with van der Waals surface area (Å²) in [6, 6.07) is 8.45. The van der Waals surface area contributed by atoms with Gasteiger partial charge in [0.1, 0.15) is 0 Å². The average molecular weight is 289 g/mol. The molecule has 2 aliphatic heterocycles. The Bertz CT molecular complexity index is 520. The molecule has 3 rings (SSSR count). The molecular formula is C16H23N3O2. The molecule has 114 valence electrons. The molecule has 2 fully saturated rings. The lowest BCUT2D eigenvalue weighted by Gasteiger charge is -2.26. The van der Waals surface area contributed by atoms with E-state index in [2.05, 4.69) is 17.1 Å². The first-order valence-corrected chi connectivity index (χ1v) is 7.93. The zero-order valence-electron chi connectivity index (χ0n) is 12.5. The molecular weight excluding hydrogens is 266 g/mol. The van der Waals surface area contributed by atoms with E-state index in [1.807, 2.05) is 6.07 Å². The van der Waals surface area contributed by atoms with E-state index in [0.29, 0.717) is 12.1 Å². The van der Waals surface area contributed by atoms with Gasteiger partial charge in [-0.05, 0) is 37.8 Å². The first kappa shape index (κ1) is 14.5. The van der Waals surface area contributed by atoms with Gasteiger partial charge in [-0.15, -0.1) is 0 Å². The van der Waals surface area contributed by atoms with Crippen LogP contribution in [0.5, 0.6) is 0 Å². The van der Waals surface area contributed by atoms with Gasteiger partial charge in [0.15, 0.2) is 0 Å². The Balaban J connectivity index is 1.73. The molecule has 5 nitrogen and oxygen atoms in total. The molecule has 5 heteroatoms. The lowest BCUT2D eigenvalue weighted by atomic mass is 10.00. The summed E-state index contributed by atoms with van der Waals surface area (Å²) in [6.45, 7) is 4.56. The number of hydrogen-bond donors (Lipinski definition) is 1. The monoisotopic (exact) mass is 289 g/mol. The number of nitrogens with one attached hydrogen (secondary N) is 1. The number of nitrogens with zero attached hydrogens (tertiary/aromatic N) is 2. The van der Waals surface area contributed by atoms with Crippen molar-refractivity contribution < 1.29 is 4.92 Å². The van der Waals surface area contributed by atoms with Crippen LogP contribution >= 0.6 is 0 Å². The average Bonchev–Trinajstić information content (AvgIpc) is 3.09. The highest BCUT2D eigenvalue weighted by atomic mass is 16.6. The molecule has 0 saturated carbocycles. The van der Waals surface area contributed by atoms with Crippen LogP contribution in [0, 0.1) is 10.1 Å². The normalized spacial score (nSPS) is 26.7. The molecule has 2 saturated heterocycles. The Hall–Kier alpha value is -1.46. The van der Waals surface area contributed by atoms with Crippen LogP contribution in [0.25, 0.3) is 0 Å². The summed E-state index contributed by atoms with van der Waals surface area (Å²) >= 11 is 0. The van der Waals surface area contributed by atoms with Crippen molar-refractivity contribution in [2.75, 3.05) is 13.1 Å². The fourth-order valence-corrected chi connectivity index (χ4v) is 3.84. The van der Waals surface area contributed by atoms with E-state index in [4.69, 9.17) is 0 Å². The van der Waals surface area contributed by atoms with Crippen molar-refractivity contribution in [3.63, 3.8) is 0 Å². The fraction of sp³-hybridized carbons (Fsp3) is 0.625. The first-order chi connectivity index (χ1) is 10.2. The molecule has 0 aromatic heterocycles. The molecule has 21 heavy (non-hydrogen) atoms. The molecule has 0 spiro atoms. The van der Waals surface area contributed by atoms with Gasteiger partial charge in [0, 0.05) is 36.8 Å². The Morgan fingerprint density at radius 2 is 2.29 bits per heavy atom. The lowest BCUT2D eigenvalue weighted by molar-refractivity contribution is -0.384. The number of hydrogen-bond acceptors (Lipinski definition) is 4.